The summed E-state index contributed by atoms with van der Waals surface area (Å²) in [7, 11) is 0. The fraction of sp³-hybridized carbons (Fsp3) is 0.462. The Morgan fingerprint density at radius 2 is 2.00 bits per heavy atom. The van der Waals surface area contributed by atoms with Crippen LogP contribution in [-0.2, 0) is 0 Å². The van der Waals surface area contributed by atoms with Crippen LogP contribution in [0.25, 0.3) is 0 Å². The van der Waals surface area contributed by atoms with Crippen molar-refractivity contribution in [2.24, 2.45) is 0 Å². The molecule has 2 nitrogen and oxygen atoms in total. The molecule has 0 heterocycles. The molecule has 0 bridgehead atoms. The standard InChI is InChI=1S/C13H20N2S/c1-4-9-14-13(16)15-12-8-6-5-7-11(12)10(2)3/h5-8,10H,4,9H2,1-3H3,(H2,14,15,16). The summed E-state index contributed by atoms with van der Waals surface area (Å²) in [6, 6.07) is 8.28. The van der Waals surface area contributed by atoms with Gasteiger partial charge in [-0.2, -0.15) is 0 Å². The second-order valence-corrected chi connectivity index (χ2v) is 4.53. The highest BCUT2D eigenvalue weighted by molar-refractivity contribution is 7.80. The third-order valence-corrected chi connectivity index (χ3v) is 2.61. The van der Waals surface area contributed by atoms with Gasteiger partial charge in [0, 0.05) is 12.2 Å². The van der Waals surface area contributed by atoms with Crippen molar-refractivity contribution in [2.75, 3.05) is 11.9 Å². The first-order chi connectivity index (χ1) is 7.65. The average molecular weight is 236 g/mol. The van der Waals surface area contributed by atoms with Crippen molar-refractivity contribution >= 4 is 23.0 Å². The van der Waals surface area contributed by atoms with Gasteiger partial charge in [0.2, 0.25) is 0 Å². The molecule has 0 aliphatic heterocycles. The molecule has 1 rings (SSSR count). The predicted molar refractivity (Wildman–Crippen MR) is 75.0 cm³/mol. The molecule has 1 aromatic rings. The van der Waals surface area contributed by atoms with Crippen LogP contribution in [-0.4, -0.2) is 11.7 Å². The number of hydrogen-bond acceptors (Lipinski definition) is 1. The van der Waals surface area contributed by atoms with E-state index in [1.54, 1.807) is 0 Å². The second kappa shape index (κ2) is 6.48. The number of benzene rings is 1. The lowest BCUT2D eigenvalue weighted by molar-refractivity contribution is 0.844. The van der Waals surface area contributed by atoms with Gasteiger partial charge in [0.25, 0.3) is 0 Å². The molecule has 1 aromatic carbocycles. The summed E-state index contributed by atoms with van der Waals surface area (Å²) in [5, 5.41) is 7.12. The molecule has 0 fully saturated rings. The molecule has 0 spiro atoms. The Kier molecular flexibility index (Phi) is 5.26. The van der Waals surface area contributed by atoms with Gasteiger partial charge in [-0.1, -0.05) is 39.0 Å². The van der Waals surface area contributed by atoms with Gasteiger partial charge in [-0.3, -0.25) is 0 Å². The van der Waals surface area contributed by atoms with Crippen LogP contribution < -0.4 is 10.6 Å². The number of hydrogen-bond donors (Lipinski definition) is 2. The van der Waals surface area contributed by atoms with E-state index >= 15 is 0 Å². The molecule has 0 unspecified atom stereocenters. The SMILES string of the molecule is CCCNC(=S)Nc1ccccc1C(C)C. The van der Waals surface area contributed by atoms with E-state index in [1.807, 2.05) is 6.07 Å². The largest absolute Gasteiger partial charge is 0.362 e. The molecule has 0 amide bonds. The van der Waals surface area contributed by atoms with E-state index in [0.29, 0.717) is 11.0 Å². The van der Waals surface area contributed by atoms with Gasteiger partial charge in [0.1, 0.15) is 0 Å². The molecule has 0 aliphatic carbocycles. The van der Waals surface area contributed by atoms with Crippen molar-refractivity contribution in [3.8, 4) is 0 Å². The fourth-order valence-corrected chi connectivity index (χ4v) is 1.73. The van der Waals surface area contributed by atoms with Gasteiger partial charge in [0.05, 0.1) is 0 Å². The number of thiocarbonyl (C=S) groups is 1. The zero-order valence-electron chi connectivity index (χ0n) is 10.2. The number of rotatable bonds is 4. The summed E-state index contributed by atoms with van der Waals surface area (Å²) in [6.45, 7) is 7.40. The smallest absolute Gasteiger partial charge is 0.170 e. The highest BCUT2D eigenvalue weighted by Gasteiger charge is 2.06. The van der Waals surface area contributed by atoms with Gasteiger partial charge in [-0.15, -0.1) is 0 Å². The van der Waals surface area contributed by atoms with Crippen LogP contribution in [0.4, 0.5) is 5.69 Å². The molecule has 0 saturated heterocycles. The maximum absolute atomic E-state index is 5.23. The van der Waals surface area contributed by atoms with E-state index in [0.717, 1.165) is 18.7 Å². The minimum absolute atomic E-state index is 0.498. The van der Waals surface area contributed by atoms with Crippen LogP contribution in [0.15, 0.2) is 24.3 Å². The predicted octanol–water partition coefficient (Wildman–Crippen LogP) is 3.51. The van der Waals surface area contributed by atoms with Crippen LogP contribution in [0.3, 0.4) is 0 Å². The highest BCUT2D eigenvalue weighted by Crippen LogP contribution is 2.23. The number of para-hydroxylation sites is 1. The van der Waals surface area contributed by atoms with Crippen LogP contribution in [0.5, 0.6) is 0 Å². The van der Waals surface area contributed by atoms with Gasteiger partial charge < -0.3 is 10.6 Å². The first-order valence-corrected chi connectivity index (χ1v) is 6.19. The lowest BCUT2D eigenvalue weighted by Gasteiger charge is -2.15. The molecule has 0 aliphatic rings. The zero-order chi connectivity index (χ0) is 12.0. The topological polar surface area (TPSA) is 24.1 Å². The summed E-state index contributed by atoms with van der Waals surface area (Å²) in [6.07, 6.45) is 1.08. The van der Waals surface area contributed by atoms with E-state index in [1.165, 1.54) is 5.56 Å². The maximum Gasteiger partial charge on any atom is 0.170 e. The fourth-order valence-electron chi connectivity index (χ4n) is 1.52. The van der Waals surface area contributed by atoms with Crippen LogP contribution in [0.1, 0.15) is 38.7 Å². The number of anilines is 1. The van der Waals surface area contributed by atoms with Crippen LogP contribution in [0.2, 0.25) is 0 Å². The third kappa shape index (κ3) is 3.81. The summed E-state index contributed by atoms with van der Waals surface area (Å²) >= 11 is 5.23. The average Bonchev–Trinajstić information content (AvgIpc) is 2.27. The Morgan fingerprint density at radius 1 is 1.31 bits per heavy atom. The Bertz CT molecular complexity index is 348. The molecule has 0 saturated carbocycles. The minimum Gasteiger partial charge on any atom is -0.362 e. The summed E-state index contributed by atoms with van der Waals surface area (Å²) in [5.41, 5.74) is 2.40. The molecular formula is C13H20N2S. The van der Waals surface area contributed by atoms with E-state index < -0.39 is 0 Å². The Labute approximate surface area is 103 Å². The van der Waals surface area contributed by atoms with Crippen molar-refractivity contribution in [3.63, 3.8) is 0 Å². The lowest BCUT2D eigenvalue weighted by atomic mass is 10.0. The van der Waals surface area contributed by atoms with Crippen molar-refractivity contribution < 1.29 is 0 Å². The first-order valence-electron chi connectivity index (χ1n) is 5.79. The van der Waals surface area contributed by atoms with E-state index in [4.69, 9.17) is 12.2 Å². The monoisotopic (exact) mass is 236 g/mol. The summed E-state index contributed by atoms with van der Waals surface area (Å²) in [5.74, 6) is 0.498. The van der Waals surface area contributed by atoms with Gasteiger partial charge in [-0.05, 0) is 36.2 Å². The van der Waals surface area contributed by atoms with Crippen molar-refractivity contribution in [1.29, 1.82) is 0 Å². The van der Waals surface area contributed by atoms with E-state index in [-0.39, 0.29) is 0 Å². The van der Waals surface area contributed by atoms with Crippen molar-refractivity contribution in [3.05, 3.63) is 29.8 Å². The molecule has 0 aromatic heterocycles. The molecule has 0 radical (unpaired) electrons. The van der Waals surface area contributed by atoms with Gasteiger partial charge in [-0.25, -0.2) is 0 Å². The van der Waals surface area contributed by atoms with Gasteiger partial charge in [0.15, 0.2) is 5.11 Å². The maximum atomic E-state index is 5.23. The summed E-state index contributed by atoms with van der Waals surface area (Å²) in [4.78, 5) is 0. The van der Waals surface area contributed by atoms with Crippen molar-refractivity contribution in [1.82, 2.24) is 5.32 Å². The first kappa shape index (κ1) is 13.0. The quantitative estimate of drug-likeness (QED) is 0.782. The molecule has 88 valence electrons. The van der Waals surface area contributed by atoms with Crippen LogP contribution >= 0.6 is 12.2 Å². The number of nitrogens with one attached hydrogen (secondary N) is 2. The highest BCUT2D eigenvalue weighted by atomic mass is 32.1. The van der Waals surface area contributed by atoms with E-state index in [2.05, 4.69) is 49.6 Å². The Hall–Kier alpha value is -1.09. The second-order valence-electron chi connectivity index (χ2n) is 4.12. The third-order valence-electron chi connectivity index (χ3n) is 2.37. The lowest BCUT2D eigenvalue weighted by Crippen LogP contribution is -2.29. The molecule has 16 heavy (non-hydrogen) atoms. The normalized spacial score (nSPS) is 10.2. The van der Waals surface area contributed by atoms with Crippen LogP contribution in [0, 0.1) is 0 Å². The Morgan fingerprint density at radius 3 is 2.62 bits per heavy atom. The van der Waals surface area contributed by atoms with Crippen molar-refractivity contribution in [2.45, 2.75) is 33.1 Å². The summed E-state index contributed by atoms with van der Waals surface area (Å²) < 4.78 is 0. The minimum atomic E-state index is 0.498. The van der Waals surface area contributed by atoms with E-state index in [9.17, 15) is 0 Å². The Balaban J connectivity index is 2.69. The molecular weight excluding hydrogens is 216 g/mol. The van der Waals surface area contributed by atoms with Gasteiger partial charge >= 0.3 is 0 Å². The molecule has 2 N–H and O–H groups in total. The molecule has 0 atom stereocenters. The zero-order valence-corrected chi connectivity index (χ0v) is 11.0. The molecule has 3 heteroatoms.